The molecule has 0 fully saturated rings. The van der Waals surface area contributed by atoms with Gasteiger partial charge in [0.15, 0.2) is 6.54 Å². The van der Waals surface area contributed by atoms with Crippen LogP contribution in [0, 0.1) is 10.1 Å². The van der Waals surface area contributed by atoms with Crippen LogP contribution in [-0.2, 0) is 14.3 Å². The zero-order valence-electron chi connectivity index (χ0n) is 10.9. The smallest absolute Gasteiger partial charge is 0.320 e. The van der Waals surface area contributed by atoms with Gasteiger partial charge in [-0.2, -0.15) is 26.2 Å². The second-order valence-electron chi connectivity index (χ2n) is 4.41. The van der Waals surface area contributed by atoms with Gasteiger partial charge >= 0.3 is 21.5 Å². The molecule has 0 amide bonds. The quantitative estimate of drug-likeness (QED) is 0.277. The first-order chi connectivity index (χ1) is 10.1. The Bertz CT molecular complexity index is 725. The summed E-state index contributed by atoms with van der Waals surface area (Å²) in [5.74, 6) is -0.355. The number of benzene rings is 1. The molecule has 11 heteroatoms. The maximum absolute atomic E-state index is 12.3. The zero-order chi connectivity index (χ0) is 16.5. The van der Waals surface area contributed by atoms with Crippen LogP contribution in [0.3, 0.4) is 0 Å². The highest BCUT2D eigenvalue weighted by Gasteiger charge is 2.50. The molecule has 0 aromatic heterocycles. The van der Waals surface area contributed by atoms with Gasteiger partial charge in [-0.1, -0.05) is 0 Å². The Labute approximate surface area is 122 Å². The molecule has 1 aliphatic heterocycles. The van der Waals surface area contributed by atoms with Gasteiger partial charge in [-0.3, -0.25) is 10.1 Å². The van der Waals surface area contributed by atoms with E-state index < -0.39 is 20.5 Å². The first kappa shape index (κ1) is 16.2. The number of nitrogens with zero attached hydrogens (tertiary/aromatic N) is 2. The molecule has 0 atom stereocenters. The van der Waals surface area contributed by atoms with E-state index in [9.17, 15) is 31.7 Å². The second kappa shape index (κ2) is 5.55. The van der Waals surface area contributed by atoms with Crippen molar-refractivity contribution in [3.63, 3.8) is 0 Å². The zero-order valence-corrected chi connectivity index (χ0v) is 11.7. The van der Waals surface area contributed by atoms with Crippen molar-refractivity contribution in [1.29, 1.82) is 0 Å². The van der Waals surface area contributed by atoms with Crippen molar-refractivity contribution in [1.82, 2.24) is 0 Å². The fraction of sp³-hybridized carbons (Fsp3) is 0.364. The molecule has 0 bridgehead atoms. The number of hydrogen-bond donors (Lipinski definition) is 0. The molecule has 7 nitrogen and oxygen atoms in total. The summed E-state index contributed by atoms with van der Waals surface area (Å²) in [6, 6.07) is 4.97. The molecule has 1 aromatic rings. The average Bonchev–Trinajstić information content (AvgIpc) is 2.85. The van der Waals surface area contributed by atoms with E-state index in [1.54, 1.807) is 0 Å². The Hall–Kier alpha value is -2.17. The molecular formula is C11H10F3N2O5S+. The van der Waals surface area contributed by atoms with E-state index in [0.717, 1.165) is 0 Å². The lowest BCUT2D eigenvalue weighted by Gasteiger charge is -2.07. The lowest BCUT2D eigenvalue weighted by molar-refractivity contribution is -0.438. The Morgan fingerprint density at radius 1 is 1.23 bits per heavy atom. The monoisotopic (exact) mass is 339 g/mol. The minimum atomic E-state index is -5.73. The van der Waals surface area contributed by atoms with E-state index in [1.165, 1.54) is 28.8 Å². The third-order valence-corrected chi connectivity index (χ3v) is 3.91. The molecule has 0 radical (unpaired) electrons. The fourth-order valence-electron chi connectivity index (χ4n) is 1.94. The van der Waals surface area contributed by atoms with Crippen molar-refractivity contribution < 1.29 is 35.3 Å². The molecule has 1 aliphatic rings. The van der Waals surface area contributed by atoms with Crippen LogP contribution >= 0.6 is 0 Å². The predicted octanol–water partition coefficient (Wildman–Crippen LogP) is 2.30. The van der Waals surface area contributed by atoms with Crippen LogP contribution in [0.1, 0.15) is 12.8 Å². The van der Waals surface area contributed by atoms with Crippen molar-refractivity contribution in [3.05, 3.63) is 34.4 Å². The van der Waals surface area contributed by atoms with E-state index in [1.807, 2.05) is 0 Å². The van der Waals surface area contributed by atoms with E-state index >= 15 is 0 Å². The van der Waals surface area contributed by atoms with Crippen LogP contribution in [0.2, 0.25) is 0 Å². The van der Waals surface area contributed by atoms with Gasteiger partial charge in [0, 0.05) is 30.7 Å². The molecule has 0 aliphatic carbocycles. The van der Waals surface area contributed by atoms with E-state index in [0.29, 0.717) is 12.1 Å². The van der Waals surface area contributed by atoms with E-state index in [4.69, 9.17) is 0 Å². The minimum Gasteiger partial charge on any atom is -0.320 e. The summed E-state index contributed by atoms with van der Waals surface area (Å²) >= 11 is 0. The summed E-state index contributed by atoms with van der Waals surface area (Å²) in [6.45, 7) is 0.251. The highest BCUT2D eigenvalue weighted by molar-refractivity contribution is 7.88. The fourth-order valence-corrected chi connectivity index (χ4v) is 2.46. The van der Waals surface area contributed by atoms with E-state index in [2.05, 4.69) is 4.18 Å². The first-order valence-corrected chi connectivity index (χ1v) is 7.41. The molecule has 0 saturated carbocycles. The van der Waals surface area contributed by atoms with Gasteiger partial charge < -0.3 is 4.18 Å². The molecule has 1 aromatic carbocycles. The van der Waals surface area contributed by atoms with Gasteiger partial charge in [-0.25, -0.2) is 0 Å². The molecule has 0 saturated heterocycles. The van der Waals surface area contributed by atoms with Crippen molar-refractivity contribution in [2.45, 2.75) is 18.3 Å². The molecular weight excluding hydrogens is 329 g/mol. The number of nitro groups is 1. The van der Waals surface area contributed by atoms with Crippen LogP contribution in [0.15, 0.2) is 24.3 Å². The Morgan fingerprint density at radius 2 is 1.82 bits per heavy atom. The average molecular weight is 339 g/mol. The molecule has 120 valence electrons. The number of alkyl halides is 3. The maximum Gasteiger partial charge on any atom is 0.534 e. The molecule has 2 rings (SSSR count). The topological polar surface area (TPSA) is 89.5 Å². The SMILES string of the molecule is O=[N+]([O-])c1ccc([N+]2=C(OS(=O)(=O)C(F)(F)F)CCC2)cc1. The van der Waals surface area contributed by atoms with Crippen molar-refractivity contribution in [2.24, 2.45) is 0 Å². The van der Waals surface area contributed by atoms with Crippen molar-refractivity contribution in [2.75, 3.05) is 6.54 Å². The lowest BCUT2D eigenvalue weighted by Crippen LogP contribution is -2.29. The van der Waals surface area contributed by atoms with Crippen molar-refractivity contribution >= 4 is 27.4 Å². The predicted molar refractivity (Wildman–Crippen MR) is 68.2 cm³/mol. The standard InChI is InChI=1S/C11H10F3N2O5S/c12-11(13,14)22(19,20)21-10-2-1-7-15(10)8-3-5-9(6-4-8)16(17)18/h3-6H,1-2,7H2/q+1. The minimum absolute atomic E-state index is 0.0201. The van der Waals surface area contributed by atoms with Gasteiger partial charge in [0.2, 0.25) is 5.69 Å². The van der Waals surface area contributed by atoms with Crippen LogP contribution in [-0.4, -0.2) is 35.9 Å². The molecule has 0 unspecified atom stereocenters. The summed E-state index contributed by atoms with van der Waals surface area (Å²) in [5.41, 5.74) is -5.38. The van der Waals surface area contributed by atoms with Crippen LogP contribution in [0.4, 0.5) is 24.5 Å². The van der Waals surface area contributed by atoms with Crippen LogP contribution in [0.5, 0.6) is 0 Å². The summed E-state index contributed by atoms with van der Waals surface area (Å²) < 4.78 is 64.5. The number of nitro benzene ring substituents is 1. The van der Waals surface area contributed by atoms with Gasteiger partial charge in [-0.15, -0.1) is 0 Å². The largest absolute Gasteiger partial charge is 0.534 e. The number of non-ortho nitro benzene ring substituents is 1. The van der Waals surface area contributed by atoms with Gasteiger partial charge in [0.05, 0.1) is 11.3 Å². The Balaban J connectivity index is 2.34. The maximum atomic E-state index is 12.3. The summed E-state index contributed by atoms with van der Waals surface area (Å²) in [6.07, 6.45) is 0.423. The highest BCUT2D eigenvalue weighted by Crippen LogP contribution is 2.28. The van der Waals surface area contributed by atoms with Crippen LogP contribution in [0.25, 0.3) is 0 Å². The molecule has 0 N–H and O–H groups in total. The first-order valence-electron chi connectivity index (χ1n) is 6.00. The Kier molecular flexibility index (Phi) is 4.09. The summed E-state index contributed by atoms with van der Waals surface area (Å²) in [5, 5.41) is 10.6. The van der Waals surface area contributed by atoms with Crippen LogP contribution < -0.4 is 0 Å². The molecule has 0 spiro atoms. The second-order valence-corrected chi connectivity index (χ2v) is 5.94. The highest BCUT2D eigenvalue weighted by atomic mass is 32.2. The Morgan fingerprint density at radius 3 is 2.32 bits per heavy atom. The summed E-state index contributed by atoms with van der Waals surface area (Å²) in [7, 11) is -5.73. The third-order valence-electron chi connectivity index (χ3n) is 2.93. The lowest BCUT2D eigenvalue weighted by atomic mass is 10.3. The number of hydrogen-bond acceptors (Lipinski definition) is 5. The van der Waals surface area contributed by atoms with Gasteiger partial charge in [-0.05, 0) is 0 Å². The van der Waals surface area contributed by atoms with Crippen molar-refractivity contribution in [3.8, 4) is 0 Å². The van der Waals surface area contributed by atoms with Gasteiger partial charge in [0.25, 0.3) is 5.69 Å². The third kappa shape index (κ3) is 3.18. The summed E-state index contributed by atoms with van der Waals surface area (Å²) in [4.78, 5) is 9.93. The van der Waals surface area contributed by atoms with Gasteiger partial charge in [0.1, 0.15) is 0 Å². The molecule has 1 heterocycles. The number of halogens is 3. The number of rotatable bonds is 3. The normalized spacial score (nSPS) is 16.0. The molecule has 22 heavy (non-hydrogen) atoms. The van der Waals surface area contributed by atoms with E-state index in [-0.39, 0.29) is 24.6 Å².